The Morgan fingerprint density at radius 3 is 2.44 bits per heavy atom. The van der Waals surface area contributed by atoms with Crippen LogP contribution in [0.1, 0.15) is 45.4 Å². The maximum atomic E-state index is 12.2. The average Bonchev–Trinajstić information content (AvgIpc) is 2.88. The van der Waals surface area contributed by atoms with E-state index >= 15 is 0 Å². The van der Waals surface area contributed by atoms with Crippen molar-refractivity contribution >= 4 is 5.91 Å². The Balaban J connectivity index is 1.77. The van der Waals surface area contributed by atoms with Gasteiger partial charge in [0.25, 0.3) is 0 Å². The molecule has 2 N–H and O–H groups in total. The maximum Gasteiger partial charge on any atom is 0.226 e. The van der Waals surface area contributed by atoms with Crippen LogP contribution in [0, 0.1) is 5.92 Å². The molecule has 2 fully saturated rings. The number of hydrogen-bond acceptors (Lipinski definition) is 3. The first-order valence-electron chi connectivity index (χ1n) is 7.33. The van der Waals surface area contributed by atoms with Gasteiger partial charge < -0.3 is 15.4 Å². The van der Waals surface area contributed by atoms with Crippen molar-refractivity contribution in [3.8, 4) is 0 Å². The summed E-state index contributed by atoms with van der Waals surface area (Å²) in [6, 6.07) is 1.01. The van der Waals surface area contributed by atoms with Gasteiger partial charge in [-0.2, -0.15) is 0 Å². The second-order valence-electron chi connectivity index (χ2n) is 5.56. The SMILES string of the molecule is CCC1OCCC1C(=O)NC1CCC(NC)CC1. The molecule has 0 spiro atoms. The second-order valence-corrected chi connectivity index (χ2v) is 5.56. The molecule has 1 aliphatic carbocycles. The first-order valence-corrected chi connectivity index (χ1v) is 7.33. The fourth-order valence-corrected chi connectivity index (χ4v) is 3.19. The van der Waals surface area contributed by atoms with Gasteiger partial charge in [0.2, 0.25) is 5.91 Å². The van der Waals surface area contributed by atoms with Crippen LogP contribution < -0.4 is 10.6 Å². The summed E-state index contributed by atoms with van der Waals surface area (Å²) in [6.07, 6.45) is 6.49. The van der Waals surface area contributed by atoms with Gasteiger partial charge in [-0.1, -0.05) is 6.92 Å². The minimum Gasteiger partial charge on any atom is -0.377 e. The number of ether oxygens (including phenoxy) is 1. The Bertz CT molecular complexity index is 275. The summed E-state index contributed by atoms with van der Waals surface area (Å²) in [6.45, 7) is 2.83. The molecule has 0 aromatic carbocycles. The Labute approximate surface area is 110 Å². The summed E-state index contributed by atoms with van der Waals surface area (Å²) in [4.78, 5) is 12.2. The molecule has 4 heteroatoms. The van der Waals surface area contributed by atoms with Crippen LogP contribution in [-0.4, -0.2) is 37.7 Å². The number of amides is 1. The number of carbonyl (C=O) groups is 1. The molecule has 1 saturated heterocycles. The van der Waals surface area contributed by atoms with E-state index in [1.165, 1.54) is 12.8 Å². The van der Waals surface area contributed by atoms with Gasteiger partial charge in [0.15, 0.2) is 0 Å². The normalized spacial score (nSPS) is 36.6. The highest BCUT2D eigenvalue weighted by atomic mass is 16.5. The van der Waals surface area contributed by atoms with E-state index < -0.39 is 0 Å². The van der Waals surface area contributed by atoms with Crippen molar-refractivity contribution in [1.29, 1.82) is 0 Å². The molecule has 2 unspecified atom stereocenters. The van der Waals surface area contributed by atoms with Crippen LogP contribution in [0.4, 0.5) is 0 Å². The number of rotatable bonds is 4. The van der Waals surface area contributed by atoms with Crippen LogP contribution in [-0.2, 0) is 9.53 Å². The largest absolute Gasteiger partial charge is 0.377 e. The zero-order chi connectivity index (χ0) is 13.0. The van der Waals surface area contributed by atoms with Crippen molar-refractivity contribution in [2.45, 2.75) is 63.6 Å². The number of hydrogen-bond donors (Lipinski definition) is 2. The molecule has 1 heterocycles. The lowest BCUT2D eigenvalue weighted by Gasteiger charge is -2.30. The van der Waals surface area contributed by atoms with Crippen molar-refractivity contribution in [2.24, 2.45) is 5.92 Å². The molecule has 18 heavy (non-hydrogen) atoms. The predicted molar refractivity (Wildman–Crippen MR) is 71.4 cm³/mol. The first-order chi connectivity index (χ1) is 8.74. The summed E-state index contributed by atoms with van der Waals surface area (Å²) in [5.41, 5.74) is 0. The van der Waals surface area contributed by atoms with Gasteiger partial charge >= 0.3 is 0 Å². The van der Waals surface area contributed by atoms with E-state index in [9.17, 15) is 4.79 Å². The molecular weight excluding hydrogens is 228 g/mol. The second kappa shape index (κ2) is 6.53. The molecule has 0 bridgehead atoms. The van der Waals surface area contributed by atoms with Crippen LogP contribution in [0.5, 0.6) is 0 Å². The fourth-order valence-electron chi connectivity index (χ4n) is 3.19. The van der Waals surface area contributed by atoms with E-state index in [1.54, 1.807) is 0 Å². The van der Waals surface area contributed by atoms with Crippen LogP contribution >= 0.6 is 0 Å². The van der Waals surface area contributed by atoms with Crippen molar-refractivity contribution in [1.82, 2.24) is 10.6 Å². The maximum absolute atomic E-state index is 12.2. The summed E-state index contributed by atoms with van der Waals surface area (Å²) in [7, 11) is 2.02. The molecule has 1 amide bonds. The third kappa shape index (κ3) is 3.23. The van der Waals surface area contributed by atoms with Gasteiger partial charge in [0, 0.05) is 18.7 Å². The lowest BCUT2D eigenvalue weighted by molar-refractivity contribution is -0.127. The Kier molecular flexibility index (Phi) is 5.01. The van der Waals surface area contributed by atoms with Crippen LogP contribution in [0.25, 0.3) is 0 Å². The third-order valence-corrected chi connectivity index (χ3v) is 4.43. The Morgan fingerprint density at radius 1 is 1.17 bits per heavy atom. The van der Waals surface area contributed by atoms with E-state index in [4.69, 9.17) is 4.74 Å². The summed E-state index contributed by atoms with van der Waals surface area (Å²) >= 11 is 0. The van der Waals surface area contributed by atoms with Gasteiger partial charge in [-0.25, -0.2) is 0 Å². The molecule has 0 aromatic heterocycles. The summed E-state index contributed by atoms with van der Waals surface area (Å²) in [5.74, 6) is 0.296. The number of carbonyl (C=O) groups excluding carboxylic acids is 1. The third-order valence-electron chi connectivity index (χ3n) is 4.43. The van der Waals surface area contributed by atoms with Crippen molar-refractivity contribution in [3.05, 3.63) is 0 Å². The lowest BCUT2D eigenvalue weighted by atomic mass is 9.90. The van der Waals surface area contributed by atoms with E-state index in [1.807, 2.05) is 7.05 Å². The average molecular weight is 254 g/mol. The molecule has 104 valence electrons. The standard InChI is InChI=1S/C14H26N2O2/c1-3-13-12(8-9-18-13)14(17)16-11-6-4-10(15-2)5-7-11/h10-13,15H,3-9H2,1-2H3,(H,16,17). The lowest BCUT2D eigenvalue weighted by Crippen LogP contribution is -2.44. The van der Waals surface area contributed by atoms with E-state index in [0.717, 1.165) is 32.3 Å². The highest BCUT2D eigenvalue weighted by Crippen LogP contribution is 2.25. The zero-order valence-electron chi connectivity index (χ0n) is 11.6. The topological polar surface area (TPSA) is 50.4 Å². The smallest absolute Gasteiger partial charge is 0.226 e. The summed E-state index contributed by atoms with van der Waals surface area (Å²) < 4.78 is 5.59. The highest BCUT2D eigenvalue weighted by molar-refractivity contribution is 5.79. The zero-order valence-corrected chi connectivity index (χ0v) is 11.6. The predicted octanol–water partition coefficient (Wildman–Crippen LogP) is 1.45. The quantitative estimate of drug-likeness (QED) is 0.798. The first kappa shape index (κ1) is 13.8. The summed E-state index contributed by atoms with van der Waals surface area (Å²) in [5, 5.41) is 6.54. The van der Waals surface area contributed by atoms with E-state index in [2.05, 4.69) is 17.6 Å². The molecule has 2 atom stereocenters. The molecule has 4 nitrogen and oxygen atoms in total. The molecule has 1 saturated carbocycles. The van der Waals surface area contributed by atoms with Crippen molar-refractivity contribution in [3.63, 3.8) is 0 Å². The van der Waals surface area contributed by atoms with E-state index in [0.29, 0.717) is 12.1 Å². The molecule has 0 radical (unpaired) electrons. The molecule has 1 aliphatic heterocycles. The molecule has 2 aliphatic rings. The van der Waals surface area contributed by atoms with Crippen LogP contribution in [0.15, 0.2) is 0 Å². The minimum atomic E-state index is 0.0806. The van der Waals surface area contributed by atoms with Gasteiger partial charge in [-0.3, -0.25) is 4.79 Å². The Morgan fingerprint density at radius 2 is 1.83 bits per heavy atom. The van der Waals surface area contributed by atoms with Gasteiger partial charge in [0.05, 0.1) is 12.0 Å². The van der Waals surface area contributed by atoms with Crippen molar-refractivity contribution < 1.29 is 9.53 Å². The fraction of sp³-hybridized carbons (Fsp3) is 0.929. The molecule has 0 aromatic rings. The number of nitrogens with one attached hydrogen (secondary N) is 2. The molecular formula is C14H26N2O2. The molecule has 2 rings (SSSR count). The van der Waals surface area contributed by atoms with Gasteiger partial charge in [-0.05, 0) is 45.6 Å². The van der Waals surface area contributed by atoms with Crippen molar-refractivity contribution in [2.75, 3.05) is 13.7 Å². The minimum absolute atomic E-state index is 0.0806. The van der Waals surface area contributed by atoms with Gasteiger partial charge in [-0.15, -0.1) is 0 Å². The highest BCUT2D eigenvalue weighted by Gasteiger charge is 2.34. The van der Waals surface area contributed by atoms with Gasteiger partial charge in [0.1, 0.15) is 0 Å². The monoisotopic (exact) mass is 254 g/mol. The Hall–Kier alpha value is -0.610. The van der Waals surface area contributed by atoms with Crippen LogP contribution in [0.2, 0.25) is 0 Å². The van der Waals surface area contributed by atoms with Crippen LogP contribution in [0.3, 0.4) is 0 Å². The van der Waals surface area contributed by atoms with E-state index in [-0.39, 0.29) is 17.9 Å².